The van der Waals surface area contributed by atoms with Gasteiger partial charge in [0.05, 0.1) is 37.1 Å². The van der Waals surface area contributed by atoms with Crippen molar-refractivity contribution < 1.29 is 19.4 Å². The molecular weight excluding hydrogens is 409 g/mol. The summed E-state index contributed by atoms with van der Waals surface area (Å²) >= 11 is 34.7. The van der Waals surface area contributed by atoms with Crippen LogP contribution in [0.4, 0.5) is 0 Å². The standard InChI is InChI=1S/C11H6Cl6O4/c1-11(17,2-12)21-10(20)4-7(15)5(13)3(9(18)19)6(14)8(4)16/h2H2,1H3,(H,18,19). The van der Waals surface area contributed by atoms with E-state index in [4.69, 9.17) is 79.4 Å². The van der Waals surface area contributed by atoms with Gasteiger partial charge in [-0.05, 0) is 6.92 Å². The minimum atomic E-state index is -1.50. The molecule has 10 heteroatoms. The van der Waals surface area contributed by atoms with Gasteiger partial charge in [0.25, 0.3) is 0 Å². The highest BCUT2D eigenvalue weighted by atomic mass is 35.5. The first-order valence-electron chi connectivity index (χ1n) is 5.11. The molecule has 21 heavy (non-hydrogen) atoms. The Balaban J connectivity index is 3.46. The van der Waals surface area contributed by atoms with Crippen LogP contribution in [0.1, 0.15) is 27.6 Å². The summed E-state index contributed by atoms with van der Waals surface area (Å²) in [5, 5.41) is 5.82. The van der Waals surface area contributed by atoms with Crippen molar-refractivity contribution in [3.8, 4) is 0 Å². The number of carbonyl (C=O) groups excluding carboxylic acids is 1. The fraction of sp³-hybridized carbons (Fsp3) is 0.273. The number of rotatable bonds is 4. The van der Waals surface area contributed by atoms with E-state index in [0.29, 0.717) is 0 Å². The van der Waals surface area contributed by atoms with Crippen molar-refractivity contribution >= 4 is 81.5 Å². The minimum Gasteiger partial charge on any atom is -0.478 e. The molecule has 1 unspecified atom stereocenters. The van der Waals surface area contributed by atoms with Crippen LogP contribution in [-0.2, 0) is 4.74 Å². The molecule has 1 atom stereocenters. The van der Waals surface area contributed by atoms with Crippen molar-refractivity contribution in [3.63, 3.8) is 0 Å². The smallest absolute Gasteiger partial charge is 0.343 e. The zero-order valence-corrected chi connectivity index (χ0v) is 14.7. The highest BCUT2D eigenvalue weighted by Gasteiger charge is 2.32. The lowest BCUT2D eigenvalue weighted by Gasteiger charge is -2.21. The highest BCUT2D eigenvalue weighted by Crippen LogP contribution is 2.42. The minimum absolute atomic E-state index is 0.204. The van der Waals surface area contributed by atoms with Crippen molar-refractivity contribution in [2.75, 3.05) is 5.88 Å². The van der Waals surface area contributed by atoms with E-state index in [0.717, 1.165) is 0 Å². The summed E-state index contributed by atoms with van der Waals surface area (Å²) in [6.45, 7) is 1.34. The Bertz CT molecular complexity index is 584. The van der Waals surface area contributed by atoms with E-state index in [2.05, 4.69) is 0 Å². The van der Waals surface area contributed by atoms with Crippen LogP contribution in [0.2, 0.25) is 20.1 Å². The first-order valence-corrected chi connectivity index (χ1v) is 7.53. The zero-order valence-electron chi connectivity index (χ0n) is 10.1. The molecule has 0 aliphatic carbocycles. The van der Waals surface area contributed by atoms with Gasteiger partial charge in [0.2, 0.25) is 0 Å². The Hall–Kier alpha value is -0.100. The van der Waals surface area contributed by atoms with Crippen molar-refractivity contribution in [3.05, 3.63) is 31.2 Å². The number of esters is 1. The maximum Gasteiger partial charge on any atom is 0.343 e. The van der Waals surface area contributed by atoms with Gasteiger partial charge >= 0.3 is 11.9 Å². The Morgan fingerprint density at radius 2 is 1.43 bits per heavy atom. The van der Waals surface area contributed by atoms with Gasteiger partial charge in [-0.1, -0.05) is 58.0 Å². The number of carboxylic acids is 1. The van der Waals surface area contributed by atoms with Gasteiger partial charge < -0.3 is 9.84 Å². The Kier molecular flexibility index (Phi) is 6.30. The van der Waals surface area contributed by atoms with E-state index in [1.807, 2.05) is 0 Å². The summed E-state index contributed by atoms with van der Waals surface area (Å²) in [6, 6.07) is 0. The molecular formula is C11H6Cl6O4. The zero-order chi connectivity index (χ0) is 16.5. The molecule has 1 N–H and O–H groups in total. The van der Waals surface area contributed by atoms with E-state index in [1.54, 1.807) is 0 Å². The van der Waals surface area contributed by atoms with E-state index < -0.39 is 48.2 Å². The third kappa shape index (κ3) is 4.01. The van der Waals surface area contributed by atoms with Crippen LogP contribution in [0.25, 0.3) is 0 Å². The summed E-state index contributed by atoms with van der Waals surface area (Å²) in [7, 11) is 0. The van der Waals surface area contributed by atoms with Crippen LogP contribution >= 0.6 is 69.6 Å². The van der Waals surface area contributed by atoms with Gasteiger partial charge in [-0.3, -0.25) is 0 Å². The molecule has 0 aliphatic heterocycles. The van der Waals surface area contributed by atoms with Crippen LogP contribution < -0.4 is 0 Å². The Labute approximate surface area is 149 Å². The van der Waals surface area contributed by atoms with Gasteiger partial charge in [0.15, 0.2) is 5.06 Å². The molecule has 1 aromatic carbocycles. The van der Waals surface area contributed by atoms with Crippen LogP contribution in [0, 0.1) is 0 Å². The van der Waals surface area contributed by atoms with E-state index in [-0.39, 0.29) is 5.88 Å². The van der Waals surface area contributed by atoms with Gasteiger partial charge in [-0.2, -0.15) is 0 Å². The SMILES string of the molecule is CC(Cl)(CCl)OC(=O)c1c(Cl)c(Cl)c(C(=O)O)c(Cl)c1Cl. The Morgan fingerprint density at radius 1 is 1.05 bits per heavy atom. The number of alkyl halides is 2. The number of hydrogen-bond acceptors (Lipinski definition) is 3. The first kappa shape index (κ1) is 18.9. The van der Waals surface area contributed by atoms with E-state index >= 15 is 0 Å². The van der Waals surface area contributed by atoms with Crippen molar-refractivity contribution in [1.29, 1.82) is 0 Å². The van der Waals surface area contributed by atoms with E-state index in [9.17, 15) is 9.59 Å². The molecule has 0 amide bonds. The van der Waals surface area contributed by atoms with Crippen LogP contribution in [0.3, 0.4) is 0 Å². The number of carbonyl (C=O) groups is 2. The molecule has 0 radical (unpaired) electrons. The van der Waals surface area contributed by atoms with Crippen LogP contribution in [-0.4, -0.2) is 28.0 Å². The second kappa shape index (κ2) is 6.99. The normalized spacial score (nSPS) is 13.7. The fourth-order valence-electron chi connectivity index (χ4n) is 1.27. The molecule has 0 saturated heterocycles. The molecule has 116 valence electrons. The lowest BCUT2D eigenvalue weighted by molar-refractivity contribution is 0.0285. The molecule has 4 nitrogen and oxygen atoms in total. The molecule has 0 bridgehead atoms. The van der Waals surface area contributed by atoms with Gasteiger partial charge in [0.1, 0.15) is 0 Å². The summed E-state index contributed by atoms with van der Waals surface area (Å²) in [5.41, 5.74) is -0.911. The van der Waals surface area contributed by atoms with Crippen molar-refractivity contribution in [2.45, 2.75) is 12.0 Å². The van der Waals surface area contributed by atoms with Crippen molar-refractivity contribution in [2.24, 2.45) is 0 Å². The molecule has 0 heterocycles. The quantitative estimate of drug-likeness (QED) is 0.410. The summed E-state index contributed by atoms with van der Waals surface area (Å²) in [4.78, 5) is 23.1. The molecule has 0 aromatic heterocycles. The number of aromatic carboxylic acids is 1. The predicted octanol–water partition coefficient (Wildman–Crippen LogP) is 5.35. The molecule has 0 spiro atoms. The number of hydrogen-bond donors (Lipinski definition) is 1. The summed E-state index contributed by atoms with van der Waals surface area (Å²) in [5.74, 6) is -2.69. The number of ether oxygens (including phenoxy) is 1. The molecule has 0 saturated carbocycles. The molecule has 0 fully saturated rings. The average molecular weight is 415 g/mol. The first-order chi connectivity index (χ1) is 9.53. The van der Waals surface area contributed by atoms with Gasteiger partial charge in [-0.25, -0.2) is 9.59 Å². The number of halogens is 6. The number of carboxylic acid groups (broad SMARTS) is 1. The highest BCUT2D eigenvalue weighted by molar-refractivity contribution is 6.52. The fourth-order valence-corrected chi connectivity index (χ4v) is 2.56. The maximum atomic E-state index is 12.0. The summed E-state index contributed by atoms with van der Waals surface area (Å²) < 4.78 is 4.91. The maximum absolute atomic E-state index is 12.0. The lowest BCUT2D eigenvalue weighted by Crippen LogP contribution is -2.27. The number of benzene rings is 1. The van der Waals surface area contributed by atoms with Crippen LogP contribution in [0.5, 0.6) is 0 Å². The monoisotopic (exact) mass is 412 g/mol. The predicted molar refractivity (Wildman–Crippen MR) is 83.8 cm³/mol. The molecule has 1 rings (SSSR count). The van der Waals surface area contributed by atoms with Gasteiger partial charge in [-0.15, -0.1) is 11.6 Å². The Morgan fingerprint density at radius 3 is 1.76 bits per heavy atom. The largest absolute Gasteiger partial charge is 0.478 e. The van der Waals surface area contributed by atoms with Crippen LogP contribution in [0.15, 0.2) is 0 Å². The molecule has 0 aliphatic rings. The second-order valence-electron chi connectivity index (χ2n) is 3.94. The second-order valence-corrected chi connectivity index (χ2v) is 6.51. The average Bonchev–Trinajstić information content (AvgIpc) is 2.36. The summed E-state index contributed by atoms with van der Waals surface area (Å²) in [6.07, 6.45) is 0. The van der Waals surface area contributed by atoms with Crippen molar-refractivity contribution in [1.82, 2.24) is 0 Å². The van der Waals surface area contributed by atoms with Gasteiger partial charge in [0, 0.05) is 0 Å². The third-order valence-corrected chi connectivity index (χ3v) is 4.79. The lowest BCUT2D eigenvalue weighted by atomic mass is 10.1. The topological polar surface area (TPSA) is 63.6 Å². The van der Waals surface area contributed by atoms with E-state index in [1.165, 1.54) is 6.92 Å². The molecule has 1 aromatic rings. The third-order valence-electron chi connectivity index (χ3n) is 2.23.